The molecule has 0 bridgehead atoms. The summed E-state index contributed by atoms with van der Waals surface area (Å²) in [5.41, 5.74) is 10.4. The van der Waals surface area contributed by atoms with Gasteiger partial charge in [-0.25, -0.2) is 0 Å². The second-order valence-corrected chi connectivity index (χ2v) is 8.29. The molecule has 3 rings (SSSR count). The summed E-state index contributed by atoms with van der Waals surface area (Å²) in [7, 11) is -1.16. The fourth-order valence-electron chi connectivity index (χ4n) is 2.67. The van der Waals surface area contributed by atoms with Crippen LogP contribution in [0.4, 0.5) is 11.4 Å². The predicted molar refractivity (Wildman–Crippen MR) is 103 cm³/mol. The zero-order valence-corrected chi connectivity index (χ0v) is 15.9. The maximum atomic E-state index is 11.9. The van der Waals surface area contributed by atoms with Gasteiger partial charge in [0.05, 0.1) is 33.3 Å². The lowest BCUT2D eigenvalue weighted by molar-refractivity contribution is 0.279. The highest BCUT2D eigenvalue weighted by atomic mass is 79.9. The average molecular weight is 409 g/mol. The summed E-state index contributed by atoms with van der Waals surface area (Å²) in [4.78, 5) is 0.649. The van der Waals surface area contributed by atoms with Crippen molar-refractivity contribution in [3.8, 4) is 11.1 Å². The largest absolute Gasteiger partial charge is 0.396 e. The molecule has 1 aliphatic carbocycles. The third-order valence-corrected chi connectivity index (χ3v) is 6.17. The number of anilines is 2. The fourth-order valence-corrected chi connectivity index (χ4v) is 4.04. The minimum atomic E-state index is -1.16. The molecular formula is C18H21BrN2O2S. The number of hydrogen-bond donors (Lipinski definition) is 3. The molecule has 128 valence electrons. The number of aliphatic hydroxyl groups is 1. The molecule has 1 saturated carbocycles. The molecule has 0 heterocycles. The first-order valence-electron chi connectivity index (χ1n) is 7.90. The van der Waals surface area contributed by atoms with Crippen molar-refractivity contribution in [2.75, 3.05) is 23.9 Å². The summed E-state index contributed by atoms with van der Waals surface area (Å²) < 4.78 is 12.7. The summed E-state index contributed by atoms with van der Waals surface area (Å²) in [6.45, 7) is 0.836. The van der Waals surface area contributed by atoms with Crippen molar-refractivity contribution in [2.24, 2.45) is 5.92 Å². The van der Waals surface area contributed by atoms with Crippen LogP contribution in [-0.2, 0) is 17.4 Å². The van der Waals surface area contributed by atoms with Crippen molar-refractivity contribution >= 4 is 38.1 Å². The Labute approximate surface area is 153 Å². The van der Waals surface area contributed by atoms with Gasteiger partial charge < -0.3 is 16.2 Å². The van der Waals surface area contributed by atoms with Gasteiger partial charge in [-0.15, -0.1) is 0 Å². The maximum Gasteiger partial charge on any atom is 0.0700 e. The Morgan fingerprint density at radius 1 is 1.33 bits per heavy atom. The van der Waals surface area contributed by atoms with E-state index in [9.17, 15) is 9.32 Å². The van der Waals surface area contributed by atoms with Crippen LogP contribution >= 0.6 is 15.9 Å². The smallest absolute Gasteiger partial charge is 0.0700 e. The van der Waals surface area contributed by atoms with Gasteiger partial charge in [0, 0.05) is 17.7 Å². The minimum absolute atomic E-state index is 0.122. The van der Waals surface area contributed by atoms with E-state index in [4.69, 9.17) is 5.73 Å². The van der Waals surface area contributed by atoms with Crippen molar-refractivity contribution in [3.63, 3.8) is 0 Å². The average Bonchev–Trinajstić information content (AvgIpc) is 3.40. The molecule has 24 heavy (non-hydrogen) atoms. The van der Waals surface area contributed by atoms with Gasteiger partial charge in [-0.1, -0.05) is 18.2 Å². The molecule has 1 fully saturated rings. The van der Waals surface area contributed by atoms with Crippen LogP contribution in [-0.4, -0.2) is 22.1 Å². The summed E-state index contributed by atoms with van der Waals surface area (Å²) in [5, 5.41) is 12.8. The van der Waals surface area contributed by atoms with Gasteiger partial charge in [0.15, 0.2) is 0 Å². The molecule has 0 spiro atoms. The van der Waals surface area contributed by atoms with E-state index in [0.29, 0.717) is 16.1 Å². The molecule has 2 aromatic rings. The molecule has 1 atom stereocenters. The molecule has 4 N–H and O–H groups in total. The van der Waals surface area contributed by atoms with Crippen LogP contribution in [0.15, 0.2) is 39.7 Å². The quantitative estimate of drug-likeness (QED) is 0.636. The highest BCUT2D eigenvalue weighted by Crippen LogP contribution is 2.39. The predicted octanol–water partition coefficient (Wildman–Crippen LogP) is 3.75. The third-order valence-electron chi connectivity index (χ3n) is 4.32. The normalized spacial score (nSPS) is 15.3. The van der Waals surface area contributed by atoms with Crippen molar-refractivity contribution < 1.29 is 9.32 Å². The van der Waals surface area contributed by atoms with Gasteiger partial charge in [-0.3, -0.25) is 4.21 Å². The molecule has 0 amide bonds. The molecule has 0 aliphatic heterocycles. The standard InChI is InChI=1S/C18H21BrN2O2S/c1-24(23)16-8-12(4-5-13(16)10-22)14-6-7-15(18(20)17(14)19)21-9-11-2-3-11/h4-8,11,21-22H,2-3,9-10,20H2,1H3. The summed E-state index contributed by atoms with van der Waals surface area (Å²) in [6, 6.07) is 9.58. The van der Waals surface area contributed by atoms with E-state index in [1.807, 2.05) is 30.3 Å². The molecule has 0 radical (unpaired) electrons. The van der Waals surface area contributed by atoms with Crippen molar-refractivity contribution in [3.05, 3.63) is 40.4 Å². The second kappa shape index (κ2) is 7.25. The summed E-state index contributed by atoms with van der Waals surface area (Å²) in [6.07, 6.45) is 4.20. The van der Waals surface area contributed by atoms with E-state index in [1.165, 1.54) is 12.8 Å². The topological polar surface area (TPSA) is 75.4 Å². The van der Waals surface area contributed by atoms with Crippen LogP contribution in [0.5, 0.6) is 0 Å². The van der Waals surface area contributed by atoms with E-state index in [0.717, 1.165) is 33.7 Å². The molecule has 0 aromatic heterocycles. The third kappa shape index (κ3) is 3.66. The SMILES string of the molecule is CS(=O)c1cc(-c2ccc(NCC3CC3)c(N)c2Br)ccc1CO. The number of halogens is 1. The number of nitrogen functional groups attached to an aromatic ring is 1. The summed E-state index contributed by atoms with van der Waals surface area (Å²) >= 11 is 3.60. The first kappa shape index (κ1) is 17.5. The highest BCUT2D eigenvalue weighted by molar-refractivity contribution is 9.10. The molecule has 6 heteroatoms. The van der Waals surface area contributed by atoms with Gasteiger partial charge in [0.25, 0.3) is 0 Å². The van der Waals surface area contributed by atoms with Crippen LogP contribution in [0, 0.1) is 5.92 Å². The van der Waals surface area contributed by atoms with Gasteiger partial charge in [0.2, 0.25) is 0 Å². The van der Waals surface area contributed by atoms with Gasteiger partial charge >= 0.3 is 0 Å². The van der Waals surface area contributed by atoms with E-state index < -0.39 is 10.8 Å². The van der Waals surface area contributed by atoms with Crippen LogP contribution in [0.1, 0.15) is 18.4 Å². The Hall–Kier alpha value is -1.37. The lowest BCUT2D eigenvalue weighted by Gasteiger charge is -2.15. The van der Waals surface area contributed by atoms with Crippen molar-refractivity contribution in [1.82, 2.24) is 0 Å². The van der Waals surface area contributed by atoms with E-state index in [2.05, 4.69) is 21.2 Å². The number of aliphatic hydroxyl groups excluding tert-OH is 1. The number of nitrogens with two attached hydrogens (primary N) is 1. The minimum Gasteiger partial charge on any atom is -0.396 e. The van der Waals surface area contributed by atoms with Crippen LogP contribution in [0.3, 0.4) is 0 Å². The first-order chi connectivity index (χ1) is 11.5. The van der Waals surface area contributed by atoms with E-state index in [-0.39, 0.29) is 6.61 Å². The number of rotatable bonds is 6. The molecule has 1 unspecified atom stereocenters. The lowest BCUT2D eigenvalue weighted by atomic mass is 10.0. The zero-order valence-electron chi connectivity index (χ0n) is 13.5. The van der Waals surface area contributed by atoms with Gasteiger partial charge in [-0.2, -0.15) is 0 Å². The first-order valence-corrected chi connectivity index (χ1v) is 10.3. The van der Waals surface area contributed by atoms with E-state index >= 15 is 0 Å². The van der Waals surface area contributed by atoms with Crippen molar-refractivity contribution in [2.45, 2.75) is 24.3 Å². The second-order valence-electron chi connectivity index (χ2n) is 6.15. The van der Waals surface area contributed by atoms with Gasteiger partial charge in [0.1, 0.15) is 0 Å². The lowest BCUT2D eigenvalue weighted by Crippen LogP contribution is -2.06. The highest BCUT2D eigenvalue weighted by Gasteiger charge is 2.21. The summed E-state index contributed by atoms with van der Waals surface area (Å²) in [5.74, 6) is 0.774. The van der Waals surface area contributed by atoms with Crippen LogP contribution in [0.25, 0.3) is 11.1 Å². The zero-order chi connectivity index (χ0) is 17.3. The Balaban J connectivity index is 1.95. The Morgan fingerprint density at radius 3 is 2.71 bits per heavy atom. The monoisotopic (exact) mass is 408 g/mol. The molecule has 1 aliphatic rings. The molecular weight excluding hydrogens is 388 g/mol. The van der Waals surface area contributed by atoms with Crippen molar-refractivity contribution in [1.29, 1.82) is 0 Å². The number of benzene rings is 2. The number of nitrogens with one attached hydrogen (secondary N) is 1. The fraction of sp³-hybridized carbons (Fsp3) is 0.333. The van der Waals surface area contributed by atoms with Gasteiger partial charge in [-0.05, 0) is 63.5 Å². The number of hydrogen-bond acceptors (Lipinski definition) is 4. The van der Waals surface area contributed by atoms with Crippen LogP contribution in [0.2, 0.25) is 0 Å². The molecule has 0 saturated heterocycles. The molecule has 4 nitrogen and oxygen atoms in total. The molecule has 2 aromatic carbocycles. The Bertz CT molecular complexity index is 791. The van der Waals surface area contributed by atoms with Crippen LogP contribution < -0.4 is 11.1 Å². The Kier molecular flexibility index (Phi) is 5.27. The Morgan fingerprint density at radius 2 is 2.08 bits per heavy atom. The van der Waals surface area contributed by atoms with E-state index in [1.54, 1.807) is 6.26 Å². The maximum absolute atomic E-state index is 11.9.